The smallest absolute Gasteiger partial charge is 0.245 e. The molecule has 2 unspecified atom stereocenters. The van der Waals surface area contributed by atoms with Crippen LogP contribution in [0.5, 0.6) is 5.88 Å². The lowest BCUT2D eigenvalue weighted by molar-refractivity contribution is 0.0968. The van der Waals surface area contributed by atoms with Crippen LogP contribution in [0.3, 0.4) is 0 Å². The zero-order chi connectivity index (χ0) is 12.9. The largest absolute Gasteiger partial charge is 0.473 e. The fourth-order valence-electron chi connectivity index (χ4n) is 1.08. The van der Waals surface area contributed by atoms with E-state index in [4.69, 9.17) is 4.74 Å². The molecule has 0 aromatic carbocycles. The summed E-state index contributed by atoms with van der Waals surface area (Å²) in [5.74, 6) is 0.470. The molecule has 0 fully saturated rings. The molecule has 1 heterocycles. The van der Waals surface area contributed by atoms with E-state index in [9.17, 15) is 5.11 Å². The summed E-state index contributed by atoms with van der Waals surface area (Å²) in [6.07, 6.45) is 1.00. The van der Waals surface area contributed by atoms with Crippen LogP contribution in [0.25, 0.3) is 0 Å². The van der Waals surface area contributed by atoms with E-state index < -0.39 is 6.10 Å². The highest BCUT2D eigenvalue weighted by Crippen LogP contribution is 2.18. The summed E-state index contributed by atoms with van der Waals surface area (Å²) < 4.78 is 13.0. The second kappa shape index (κ2) is 6.28. The van der Waals surface area contributed by atoms with Crippen molar-refractivity contribution in [2.45, 2.75) is 39.8 Å². The number of rotatable bonds is 6. The molecule has 1 aromatic heterocycles. The zero-order valence-electron chi connectivity index (χ0n) is 10.8. The molecule has 1 aromatic rings. The Morgan fingerprint density at radius 3 is 2.76 bits per heavy atom. The number of nitrogens with zero attached hydrogens (tertiary/aromatic N) is 2. The summed E-state index contributed by atoms with van der Waals surface area (Å²) in [6.45, 7) is 9.33. The molecular formula is C11H21N3O2S. The topological polar surface area (TPSA) is 67.3 Å². The maximum absolute atomic E-state index is 9.73. The number of hydrogen-bond acceptors (Lipinski definition) is 6. The van der Waals surface area contributed by atoms with Crippen molar-refractivity contribution in [3.63, 3.8) is 0 Å². The minimum atomic E-state index is -0.540. The van der Waals surface area contributed by atoms with Gasteiger partial charge in [0.25, 0.3) is 0 Å². The van der Waals surface area contributed by atoms with Gasteiger partial charge in [-0.25, -0.2) is 0 Å². The van der Waals surface area contributed by atoms with Crippen LogP contribution in [-0.4, -0.2) is 39.2 Å². The molecular weight excluding hydrogens is 238 g/mol. The first-order valence-electron chi connectivity index (χ1n) is 5.71. The number of ether oxygens (including phenoxy) is 1. The lowest BCUT2D eigenvalue weighted by atomic mass is 9.88. The fourth-order valence-corrected chi connectivity index (χ4v) is 1.44. The number of aromatic nitrogens is 2. The van der Waals surface area contributed by atoms with Gasteiger partial charge in [-0.3, -0.25) is 0 Å². The van der Waals surface area contributed by atoms with Crippen LogP contribution in [0.1, 0.15) is 27.7 Å². The van der Waals surface area contributed by atoms with Crippen molar-refractivity contribution in [2.75, 3.05) is 13.2 Å². The van der Waals surface area contributed by atoms with Gasteiger partial charge in [0.1, 0.15) is 18.9 Å². The van der Waals surface area contributed by atoms with Crippen molar-refractivity contribution >= 4 is 11.7 Å². The second-order valence-electron chi connectivity index (χ2n) is 5.21. The average Bonchev–Trinajstić information content (AvgIpc) is 2.74. The monoisotopic (exact) mass is 259 g/mol. The summed E-state index contributed by atoms with van der Waals surface area (Å²) in [5, 5.41) is 13.0. The number of aliphatic hydroxyl groups excluding tert-OH is 1. The first-order valence-corrected chi connectivity index (χ1v) is 6.44. The molecule has 0 bridgehead atoms. The zero-order valence-corrected chi connectivity index (χ0v) is 11.6. The molecule has 0 saturated carbocycles. The van der Waals surface area contributed by atoms with Gasteiger partial charge in [-0.1, -0.05) is 20.8 Å². The Kier molecular flexibility index (Phi) is 5.30. The maximum Gasteiger partial charge on any atom is 0.245 e. The van der Waals surface area contributed by atoms with Gasteiger partial charge in [-0.15, -0.1) is 4.37 Å². The number of aliphatic hydroxyl groups is 1. The van der Waals surface area contributed by atoms with Gasteiger partial charge in [0.05, 0.1) is 11.7 Å². The van der Waals surface area contributed by atoms with Crippen LogP contribution < -0.4 is 10.1 Å². The number of nitrogens with one attached hydrogen (secondary N) is 1. The van der Waals surface area contributed by atoms with Crippen LogP contribution in [0.15, 0.2) is 6.20 Å². The lowest BCUT2D eigenvalue weighted by Crippen LogP contribution is -2.42. The van der Waals surface area contributed by atoms with Gasteiger partial charge in [-0.2, -0.15) is 4.37 Å². The van der Waals surface area contributed by atoms with E-state index in [1.165, 1.54) is 0 Å². The molecule has 17 heavy (non-hydrogen) atoms. The Morgan fingerprint density at radius 2 is 2.24 bits per heavy atom. The first kappa shape index (κ1) is 14.3. The summed E-state index contributed by atoms with van der Waals surface area (Å²) in [6, 6.07) is 0.332. The van der Waals surface area contributed by atoms with Crippen LogP contribution >= 0.6 is 11.7 Å². The van der Waals surface area contributed by atoms with Gasteiger partial charge >= 0.3 is 0 Å². The Morgan fingerprint density at radius 1 is 1.53 bits per heavy atom. The molecule has 0 spiro atoms. The van der Waals surface area contributed by atoms with Crippen molar-refractivity contribution < 1.29 is 9.84 Å². The van der Waals surface area contributed by atoms with Crippen molar-refractivity contribution in [2.24, 2.45) is 5.41 Å². The highest BCUT2D eigenvalue weighted by molar-refractivity contribution is 6.99. The van der Waals surface area contributed by atoms with Gasteiger partial charge < -0.3 is 15.2 Å². The maximum atomic E-state index is 9.73. The lowest BCUT2D eigenvalue weighted by Gasteiger charge is -2.29. The van der Waals surface area contributed by atoms with Crippen LogP contribution in [-0.2, 0) is 0 Å². The predicted molar refractivity (Wildman–Crippen MR) is 68.3 cm³/mol. The van der Waals surface area contributed by atoms with Gasteiger partial charge in [0.2, 0.25) is 5.88 Å². The third-order valence-electron chi connectivity index (χ3n) is 2.72. The first-order chi connectivity index (χ1) is 7.89. The number of hydrogen-bond donors (Lipinski definition) is 2. The van der Waals surface area contributed by atoms with E-state index in [1.54, 1.807) is 6.20 Å². The molecule has 2 N–H and O–H groups in total. The van der Waals surface area contributed by atoms with E-state index in [0.29, 0.717) is 18.5 Å². The minimum Gasteiger partial charge on any atom is -0.473 e. The van der Waals surface area contributed by atoms with Gasteiger partial charge in [-0.05, 0) is 12.3 Å². The van der Waals surface area contributed by atoms with Gasteiger partial charge in [0, 0.05) is 12.6 Å². The minimum absolute atomic E-state index is 0.180. The van der Waals surface area contributed by atoms with Crippen LogP contribution in [0, 0.1) is 5.41 Å². The molecule has 0 aliphatic carbocycles. The van der Waals surface area contributed by atoms with E-state index in [1.807, 2.05) is 0 Å². The Labute approximate surface area is 107 Å². The molecule has 0 saturated heterocycles. The summed E-state index contributed by atoms with van der Waals surface area (Å²) in [4.78, 5) is 0. The summed E-state index contributed by atoms with van der Waals surface area (Å²) in [5.41, 5.74) is 0.180. The SMILES string of the molecule is CC(NCC(O)COc1cnsn1)C(C)(C)C. The highest BCUT2D eigenvalue weighted by atomic mass is 32.1. The summed E-state index contributed by atoms with van der Waals surface area (Å²) in [7, 11) is 0. The molecule has 0 amide bonds. The van der Waals surface area contributed by atoms with E-state index in [-0.39, 0.29) is 12.0 Å². The Hall–Kier alpha value is -0.720. The van der Waals surface area contributed by atoms with E-state index in [2.05, 4.69) is 41.8 Å². The predicted octanol–water partition coefficient (Wildman–Crippen LogP) is 1.30. The van der Waals surface area contributed by atoms with E-state index >= 15 is 0 Å². The average molecular weight is 259 g/mol. The third-order valence-corrected chi connectivity index (χ3v) is 3.18. The van der Waals surface area contributed by atoms with Crippen LogP contribution in [0.2, 0.25) is 0 Å². The Bertz CT molecular complexity index is 311. The molecule has 98 valence electrons. The molecule has 0 aliphatic rings. The van der Waals surface area contributed by atoms with Gasteiger partial charge in [0.15, 0.2) is 0 Å². The Balaban J connectivity index is 2.19. The molecule has 6 heteroatoms. The van der Waals surface area contributed by atoms with Crippen molar-refractivity contribution in [3.05, 3.63) is 6.20 Å². The fraction of sp³-hybridized carbons (Fsp3) is 0.818. The molecule has 2 atom stereocenters. The third kappa shape index (κ3) is 5.43. The normalized spacial score (nSPS) is 15.6. The second-order valence-corrected chi connectivity index (χ2v) is 5.76. The van der Waals surface area contributed by atoms with Crippen molar-refractivity contribution in [3.8, 4) is 5.88 Å². The quantitative estimate of drug-likeness (QED) is 0.806. The summed E-state index contributed by atoms with van der Waals surface area (Å²) >= 11 is 1.09. The van der Waals surface area contributed by atoms with Crippen molar-refractivity contribution in [1.82, 2.24) is 14.1 Å². The molecule has 5 nitrogen and oxygen atoms in total. The van der Waals surface area contributed by atoms with Crippen LogP contribution in [0.4, 0.5) is 0 Å². The van der Waals surface area contributed by atoms with E-state index in [0.717, 1.165) is 11.7 Å². The standard InChI is InChI=1S/C11H21N3O2S/c1-8(11(2,3)4)12-5-9(15)7-16-10-6-13-17-14-10/h6,8-9,12,15H,5,7H2,1-4H3. The molecule has 0 aliphatic heterocycles. The molecule has 1 rings (SSSR count). The van der Waals surface area contributed by atoms with Crippen molar-refractivity contribution in [1.29, 1.82) is 0 Å². The highest BCUT2D eigenvalue weighted by Gasteiger charge is 2.20. The molecule has 0 radical (unpaired) electrons.